The van der Waals surface area contributed by atoms with Crippen molar-refractivity contribution in [2.24, 2.45) is 0 Å². The number of hydrogen-bond acceptors (Lipinski definition) is 4. The molecule has 2 amide bonds. The maximum atomic E-state index is 15.1. The number of anilines is 1. The SMILES string of the molecule is O=C(NC1CCCC1)C(Cc1ccccc1)N(Cc1ccccc1F)C(=O)CN(c1cccc(Br)c1)S(=O)(=O)c1ccccc1. The highest BCUT2D eigenvalue weighted by Gasteiger charge is 2.36. The van der Waals surface area contributed by atoms with Gasteiger partial charge in [0.1, 0.15) is 18.4 Å². The zero-order chi connectivity index (χ0) is 31.8. The van der Waals surface area contributed by atoms with Crippen LogP contribution in [-0.2, 0) is 32.6 Å². The number of amides is 2. The van der Waals surface area contributed by atoms with Crippen LogP contribution < -0.4 is 9.62 Å². The predicted molar refractivity (Wildman–Crippen MR) is 176 cm³/mol. The van der Waals surface area contributed by atoms with Gasteiger partial charge in [-0.3, -0.25) is 13.9 Å². The van der Waals surface area contributed by atoms with Crippen molar-refractivity contribution >= 4 is 43.5 Å². The molecule has 0 aromatic heterocycles. The summed E-state index contributed by atoms with van der Waals surface area (Å²) in [5, 5.41) is 3.12. The van der Waals surface area contributed by atoms with Crippen LogP contribution in [0.25, 0.3) is 0 Å². The molecule has 4 aromatic rings. The monoisotopic (exact) mass is 691 g/mol. The number of benzene rings is 4. The zero-order valence-corrected chi connectivity index (χ0v) is 27.1. The molecule has 45 heavy (non-hydrogen) atoms. The number of carbonyl (C=O) groups is 2. The highest BCUT2D eigenvalue weighted by molar-refractivity contribution is 9.10. The highest BCUT2D eigenvalue weighted by Crippen LogP contribution is 2.28. The average Bonchev–Trinajstić information content (AvgIpc) is 3.56. The lowest BCUT2D eigenvalue weighted by molar-refractivity contribution is -0.140. The van der Waals surface area contributed by atoms with Crippen LogP contribution in [0.15, 0.2) is 119 Å². The van der Waals surface area contributed by atoms with Crippen LogP contribution in [0.1, 0.15) is 36.8 Å². The molecule has 0 bridgehead atoms. The molecule has 0 spiro atoms. The summed E-state index contributed by atoms with van der Waals surface area (Å²) < 4.78 is 44.8. The van der Waals surface area contributed by atoms with Crippen molar-refractivity contribution < 1.29 is 22.4 Å². The van der Waals surface area contributed by atoms with E-state index in [0.29, 0.717) is 4.47 Å². The smallest absolute Gasteiger partial charge is 0.264 e. The molecule has 10 heteroatoms. The molecule has 1 unspecified atom stereocenters. The molecule has 1 fully saturated rings. The topological polar surface area (TPSA) is 86.8 Å². The van der Waals surface area contributed by atoms with Crippen LogP contribution in [0.5, 0.6) is 0 Å². The number of nitrogens with one attached hydrogen (secondary N) is 1. The van der Waals surface area contributed by atoms with Crippen molar-refractivity contribution in [2.75, 3.05) is 10.8 Å². The fourth-order valence-electron chi connectivity index (χ4n) is 5.61. The molecule has 4 aromatic carbocycles. The van der Waals surface area contributed by atoms with Crippen molar-refractivity contribution in [3.8, 4) is 0 Å². The zero-order valence-electron chi connectivity index (χ0n) is 24.7. The third kappa shape index (κ3) is 8.18. The van der Waals surface area contributed by atoms with Crippen molar-refractivity contribution in [3.63, 3.8) is 0 Å². The molecule has 0 heterocycles. The van der Waals surface area contributed by atoms with E-state index in [0.717, 1.165) is 35.6 Å². The van der Waals surface area contributed by atoms with Crippen molar-refractivity contribution in [3.05, 3.63) is 131 Å². The first-order chi connectivity index (χ1) is 21.7. The molecule has 234 valence electrons. The van der Waals surface area contributed by atoms with Gasteiger partial charge in [0.15, 0.2) is 0 Å². The number of carbonyl (C=O) groups excluding carboxylic acids is 2. The van der Waals surface area contributed by atoms with Crippen LogP contribution in [0.3, 0.4) is 0 Å². The maximum absolute atomic E-state index is 15.1. The van der Waals surface area contributed by atoms with Gasteiger partial charge in [0.25, 0.3) is 10.0 Å². The number of nitrogens with zero attached hydrogens (tertiary/aromatic N) is 2. The van der Waals surface area contributed by atoms with E-state index in [-0.39, 0.29) is 41.1 Å². The van der Waals surface area contributed by atoms with Crippen LogP contribution in [0, 0.1) is 5.82 Å². The van der Waals surface area contributed by atoms with E-state index < -0.39 is 34.3 Å². The second kappa shape index (κ2) is 14.8. The molecule has 5 rings (SSSR count). The molecule has 0 saturated heterocycles. The molecule has 1 N–H and O–H groups in total. The van der Waals surface area contributed by atoms with Crippen molar-refractivity contribution in [1.82, 2.24) is 10.2 Å². The molecule has 1 aliphatic carbocycles. The number of rotatable bonds is 12. The standard InChI is InChI=1S/C35H35BrFN3O4S/c36-28-15-11-18-30(23-28)40(45(43,44)31-19-5-2-6-20-31)25-34(41)39(24-27-14-7-10-21-32(27)37)33(22-26-12-3-1-4-13-26)35(42)38-29-16-8-9-17-29/h1-7,10-15,18-21,23,29,33H,8-9,16-17,22,24-25H2,(H,38,42). The van der Waals surface area contributed by atoms with Crippen LogP contribution >= 0.6 is 15.9 Å². The van der Waals surface area contributed by atoms with Gasteiger partial charge < -0.3 is 10.2 Å². The summed E-state index contributed by atoms with van der Waals surface area (Å²) in [4.78, 5) is 29.8. The minimum atomic E-state index is -4.21. The number of halogens is 2. The Labute approximate surface area is 272 Å². The molecule has 0 aliphatic heterocycles. The first kappa shape index (κ1) is 32.4. The lowest BCUT2D eigenvalue weighted by atomic mass is 10.0. The van der Waals surface area contributed by atoms with Gasteiger partial charge in [0.05, 0.1) is 10.6 Å². The summed E-state index contributed by atoms with van der Waals surface area (Å²) in [7, 11) is -4.21. The molecule has 1 saturated carbocycles. The van der Waals surface area contributed by atoms with Gasteiger partial charge in [0, 0.05) is 29.0 Å². The third-order valence-electron chi connectivity index (χ3n) is 7.98. The molecule has 7 nitrogen and oxygen atoms in total. The quantitative estimate of drug-likeness (QED) is 0.184. The molecule has 1 atom stereocenters. The van der Waals surface area contributed by atoms with Gasteiger partial charge in [-0.05, 0) is 54.8 Å². The maximum Gasteiger partial charge on any atom is 0.264 e. The lowest BCUT2D eigenvalue weighted by Crippen LogP contribution is -2.54. The van der Waals surface area contributed by atoms with Crippen LogP contribution in [-0.4, -0.2) is 43.8 Å². The summed E-state index contributed by atoms with van der Waals surface area (Å²) in [5.41, 5.74) is 1.30. The molecular formula is C35H35BrFN3O4S. The van der Waals surface area contributed by atoms with Gasteiger partial charge >= 0.3 is 0 Å². The Balaban J connectivity index is 1.57. The summed E-state index contributed by atoms with van der Waals surface area (Å²) in [6.45, 7) is -0.830. The van der Waals surface area contributed by atoms with E-state index in [9.17, 15) is 18.0 Å². The number of sulfonamides is 1. The first-order valence-electron chi connectivity index (χ1n) is 14.9. The van der Waals surface area contributed by atoms with Crippen LogP contribution in [0.2, 0.25) is 0 Å². The first-order valence-corrected chi connectivity index (χ1v) is 17.2. The average molecular weight is 693 g/mol. The van der Waals surface area contributed by atoms with E-state index in [1.54, 1.807) is 60.7 Å². The Bertz CT molecular complexity index is 1720. The van der Waals surface area contributed by atoms with E-state index in [1.165, 1.54) is 23.1 Å². The van der Waals surface area contributed by atoms with Gasteiger partial charge in [-0.15, -0.1) is 0 Å². The van der Waals surface area contributed by atoms with E-state index in [1.807, 2.05) is 30.3 Å². The molecule has 0 radical (unpaired) electrons. The Morgan fingerprint density at radius 1 is 0.867 bits per heavy atom. The van der Waals surface area contributed by atoms with Crippen molar-refractivity contribution in [1.29, 1.82) is 0 Å². The number of hydrogen-bond donors (Lipinski definition) is 1. The van der Waals surface area contributed by atoms with E-state index in [4.69, 9.17) is 0 Å². The van der Waals surface area contributed by atoms with Crippen LogP contribution in [0.4, 0.5) is 10.1 Å². The minimum Gasteiger partial charge on any atom is -0.352 e. The second-order valence-corrected chi connectivity index (χ2v) is 13.9. The predicted octanol–water partition coefficient (Wildman–Crippen LogP) is 6.48. The molecular weight excluding hydrogens is 657 g/mol. The minimum absolute atomic E-state index is 0.0123. The van der Waals surface area contributed by atoms with E-state index >= 15 is 4.39 Å². The Kier molecular flexibility index (Phi) is 10.7. The Morgan fingerprint density at radius 2 is 1.51 bits per heavy atom. The van der Waals surface area contributed by atoms with Gasteiger partial charge in [-0.2, -0.15) is 0 Å². The van der Waals surface area contributed by atoms with Gasteiger partial charge in [-0.25, -0.2) is 12.8 Å². The molecule has 1 aliphatic rings. The van der Waals surface area contributed by atoms with Crippen molar-refractivity contribution in [2.45, 2.75) is 55.6 Å². The normalized spacial score (nSPS) is 14.1. The van der Waals surface area contributed by atoms with Gasteiger partial charge in [0.2, 0.25) is 11.8 Å². The largest absolute Gasteiger partial charge is 0.352 e. The third-order valence-corrected chi connectivity index (χ3v) is 10.3. The Hall–Kier alpha value is -4.02. The lowest BCUT2D eigenvalue weighted by Gasteiger charge is -2.34. The summed E-state index contributed by atoms with van der Waals surface area (Å²) in [6.07, 6.45) is 3.87. The fourth-order valence-corrected chi connectivity index (χ4v) is 7.43. The summed E-state index contributed by atoms with van der Waals surface area (Å²) >= 11 is 3.41. The van der Waals surface area contributed by atoms with E-state index in [2.05, 4.69) is 21.2 Å². The Morgan fingerprint density at radius 3 is 2.18 bits per heavy atom. The summed E-state index contributed by atoms with van der Waals surface area (Å²) in [6, 6.07) is 28.9. The second-order valence-electron chi connectivity index (χ2n) is 11.1. The highest BCUT2D eigenvalue weighted by atomic mass is 79.9. The fraction of sp³-hybridized carbons (Fsp3) is 0.257. The summed E-state index contributed by atoms with van der Waals surface area (Å²) in [5.74, 6) is -1.51. The van der Waals surface area contributed by atoms with Gasteiger partial charge in [-0.1, -0.05) is 102 Å².